The molecule has 1 heterocycles. The van der Waals surface area contributed by atoms with Crippen molar-refractivity contribution in [3.8, 4) is 11.5 Å². The minimum absolute atomic E-state index is 0.0914. The molecule has 0 fully saturated rings. The average Bonchev–Trinajstić information content (AvgIpc) is 2.65. The Bertz CT molecular complexity index is 850. The molecule has 2 aromatic carbocycles. The zero-order chi connectivity index (χ0) is 18.7. The van der Waals surface area contributed by atoms with Crippen LogP contribution in [0.15, 0.2) is 36.4 Å². The Balaban J connectivity index is 1.76. The quantitative estimate of drug-likeness (QED) is 0.770. The minimum atomic E-state index is -0.404. The van der Waals surface area contributed by atoms with Gasteiger partial charge in [0.05, 0.1) is 12.8 Å². The van der Waals surface area contributed by atoms with Crippen molar-refractivity contribution in [2.75, 3.05) is 25.2 Å². The Labute approximate surface area is 151 Å². The van der Waals surface area contributed by atoms with Crippen LogP contribution < -0.4 is 14.4 Å². The molecule has 0 bridgehead atoms. The van der Waals surface area contributed by atoms with Gasteiger partial charge in [-0.15, -0.1) is 0 Å². The van der Waals surface area contributed by atoms with Crippen molar-refractivity contribution in [2.24, 2.45) is 0 Å². The molecule has 0 saturated carbocycles. The van der Waals surface area contributed by atoms with E-state index in [0.29, 0.717) is 29.3 Å². The SMILES string of the molecule is COc1cc(C(C)=O)ccc1OCC(=O)N1CCCc2cccc(F)c21. The van der Waals surface area contributed by atoms with Crippen LogP contribution in [-0.2, 0) is 11.2 Å². The van der Waals surface area contributed by atoms with Gasteiger partial charge in [-0.2, -0.15) is 0 Å². The van der Waals surface area contributed by atoms with Crippen LogP contribution in [0.5, 0.6) is 11.5 Å². The summed E-state index contributed by atoms with van der Waals surface area (Å²) in [6, 6.07) is 9.61. The van der Waals surface area contributed by atoms with E-state index in [1.165, 1.54) is 25.0 Å². The van der Waals surface area contributed by atoms with E-state index >= 15 is 0 Å². The van der Waals surface area contributed by atoms with E-state index in [4.69, 9.17) is 9.47 Å². The van der Waals surface area contributed by atoms with Gasteiger partial charge in [-0.3, -0.25) is 9.59 Å². The van der Waals surface area contributed by atoms with Crippen molar-refractivity contribution in [1.29, 1.82) is 0 Å². The number of aryl methyl sites for hydroxylation is 1. The first-order valence-corrected chi connectivity index (χ1v) is 8.41. The number of rotatable bonds is 5. The lowest BCUT2D eigenvalue weighted by molar-refractivity contribution is -0.120. The molecule has 0 radical (unpaired) electrons. The van der Waals surface area contributed by atoms with Gasteiger partial charge in [-0.05, 0) is 49.6 Å². The fraction of sp³-hybridized carbons (Fsp3) is 0.300. The molecule has 26 heavy (non-hydrogen) atoms. The van der Waals surface area contributed by atoms with Crippen molar-refractivity contribution in [3.63, 3.8) is 0 Å². The fourth-order valence-corrected chi connectivity index (χ4v) is 3.08. The van der Waals surface area contributed by atoms with Crippen LogP contribution in [0, 0.1) is 5.82 Å². The molecule has 136 valence electrons. The first-order chi connectivity index (χ1) is 12.5. The second kappa shape index (κ2) is 7.56. The number of hydrogen-bond acceptors (Lipinski definition) is 4. The molecule has 3 rings (SSSR count). The average molecular weight is 357 g/mol. The highest BCUT2D eigenvalue weighted by Gasteiger charge is 2.26. The molecule has 0 unspecified atom stereocenters. The Morgan fingerprint density at radius 1 is 1.19 bits per heavy atom. The molecule has 0 aliphatic carbocycles. The molecule has 1 amide bonds. The van der Waals surface area contributed by atoms with Crippen LogP contribution in [0.25, 0.3) is 0 Å². The third kappa shape index (κ3) is 3.54. The number of Topliss-reactive ketones (excluding diaryl/α,β-unsaturated/α-hetero) is 1. The Hall–Kier alpha value is -2.89. The van der Waals surface area contributed by atoms with Crippen molar-refractivity contribution < 1.29 is 23.5 Å². The van der Waals surface area contributed by atoms with Gasteiger partial charge in [0.2, 0.25) is 0 Å². The van der Waals surface area contributed by atoms with Gasteiger partial charge in [0.15, 0.2) is 23.9 Å². The molecule has 0 saturated heterocycles. The predicted octanol–water partition coefficient (Wildman–Crippen LogP) is 3.40. The molecular weight excluding hydrogens is 337 g/mol. The lowest BCUT2D eigenvalue weighted by Crippen LogP contribution is -2.39. The van der Waals surface area contributed by atoms with Gasteiger partial charge >= 0.3 is 0 Å². The lowest BCUT2D eigenvalue weighted by atomic mass is 10.0. The van der Waals surface area contributed by atoms with E-state index < -0.39 is 5.82 Å². The van der Waals surface area contributed by atoms with Crippen LogP contribution in [0.3, 0.4) is 0 Å². The van der Waals surface area contributed by atoms with Crippen LogP contribution in [0.2, 0.25) is 0 Å². The standard InChI is InChI=1S/C20H20FNO4/c1-13(23)15-8-9-17(18(11-15)25-2)26-12-19(24)22-10-4-6-14-5-3-7-16(21)20(14)22/h3,5,7-9,11H,4,6,10,12H2,1-2H3. The number of ketones is 1. The summed E-state index contributed by atoms with van der Waals surface area (Å²) in [6.07, 6.45) is 1.52. The Kier molecular flexibility index (Phi) is 5.21. The molecule has 6 heteroatoms. The largest absolute Gasteiger partial charge is 0.493 e. The summed E-state index contributed by atoms with van der Waals surface area (Å²) in [7, 11) is 1.46. The normalized spacial score (nSPS) is 13.1. The topological polar surface area (TPSA) is 55.8 Å². The third-order valence-corrected chi connectivity index (χ3v) is 4.39. The summed E-state index contributed by atoms with van der Waals surface area (Å²) in [6.45, 7) is 1.67. The fourth-order valence-electron chi connectivity index (χ4n) is 3.08. The van der Waals surface area contributed by atoms with Gasteiger partial charge in [-0.25, -0.2) is 4.39 Å². The first-order valence-electron chi connectivity index (χ1n) is 8.41. The molecule has 5 nitrogen and oxygen atoms in total. The maximum atomic E-state index is 14.2. The highest BCUT2D eigenvalue weighted by molar-refractivity contribution is 5.96. The number of anilines is 1. The number of benzene rings is 2. The smallest absolute Gasteiger partial charge is 0.265 e. The maximum absolute atomic E-state index is 14.2. The third-order valence-electron chi connectivity index (χ3n) is 4.39. The second-order valence-corrected chi connectivity index (χ2v) is 6.11. The van der Waals surface area contributed by atoms with Gasteiger partial charge in [0.25, 0.3) is 5.91 Å². The number of fused-ring (bicyclic) bond motifs is 1. The van der Waals surface area contributed by atoms with E-state index in [2.05, 4.69) is 0 Å². The van der Waals surface area contributed by atoms with Crippen molar-refractivity contribution in [2.45, 2.75) is 19.8 Å². The van der Waals surface area contributed by atoms with E-state index in [1.54, 1.807) is 24.3 Å². The predicted molar refractivity (Wildman–Crippen MR) is 95.6 cm³/mol. The van der Waals surface area contributed by atoms with Crippen molar-refractivity contribution >= 4 is 17.4 Å². The van der Waals surface area contributed by atoms with E-state index in [9.17, 15) is 14.0 Å². The Morgan fingerprint density at radius 2 is 2.00 bits per heavy atom. The van der Waals surface area contributed by atoms with Crippen LogP contribution >= 0.6 is 0 Å². The molecule has 2 aromatic rings. The molecule has 0 spiro atoms. The number of carbonyl (C=O) groups is 2. The summed E-state index contributed by atoms with van der Waals surface area (Å²) in [5, 5.41) is 0. The van der Waals surface area contributed by atoms with Crippen LogP contribution in [0.1, 0.15) is 29.3 Å². The number of hydrogen-bond donors (Lipinski definition) is 0. The monoisotopic (exact) mass is 357 g/mol. The molecule has 0 aromatic heterocycles. The summed E-state index contributed by atoms with van der Waals surface area (Å²) < 4.78 is 25.0. The number of halogens is 1. The molecule has 0 atom stereocenters. The van der Waals surface area contributed by atoms with Crippen molar-refractivity contribution in [3.05, 3.63) is 53.3 Å². The molecule has 1 aliphatic rings. The van der Waals surface area contributed by atoms with Gasteiger partial charge in [-0.1, -0.05) is 12.1 Å². The molecule has 0 N–H and O–H groups in total. The number of methoxy groups -OCH3 is 1. The molecular formula is C20H20FNO4. The summed E-state index contributed by atoms with van der Waals surface area (Å²) >= 11 is 0. The lowest BCUT2D eigenvalue weighted by Gasteiger charge is -2.29. The number of ether oxygens (including phenoxy) is 2. The number of carbonyl (C=O) groups excluding carboxylic acids is 2. The van der Waals surface area contributed by atoms with E-state index in [-0.39, 0.29) is 18.3 Å². The summed E-state index contributed by atoms with van der Waals surface area (Å²) in [5.74, 6) is -0.0913. The van der Waals surface area contributed by atoms with Crippen LogP contribution in [0.4, 0.5) is 10.1 Å². The van der Waals surface area contributed by atoms with Gasteiger partial charge in [0.1, 0.15) is 5.82 Å². The van der Waals surface area contributed by atoms with Crippen LogP contribution in [-0.4, -0.2) is 32.0 Å². The zero-order valence-corrected chi connectivity index (χ0v) is 14.8. The molecule has 1 aliphatic heterocycles. The van der Waals surface area contributed by atoms with Gasteiger partial charge < -0.3 is 14.4 Å². The first kappa shape index (κ1) is 17.9. The van der Waals surface area contributed by atoms with E-state index in [1.807, 2.05) is 6.07 Å². The minimum Gasteiger partial charge on any atom is -0.493 e. The highest BCUT2D eigenvalue weighted by atomic mass is 19.1. The maximum Gasteiger partial charge on any atom is 0.265 e. The number of nitrogens with zero attached hydrogens (tertiary/aromatic N) is 1. The summed E-state index contributed by atoms with van der Waals surface area (Å²) in [4.78, 5) is 25.5. The van der Waals surface area contributed by atoms with Gasteiger partial charge in [0, 0.05) is 12.1 Å². The Morgan fingerprint density at radius 3 is 2.73 bits per heavy atom. The highest BCUT2D eigenvalue weighted by Crippen LogP contribution is 2.31. The summed E-state index contributed by atoms with van der Waals surface area (Å²) in [5.41, 5.74) is 1.66. The van der Waals surface area contributed by atoms with Crippen molar-refractivity contribution in [1.82, 2.24) is 0 Å². The number of para-hydroxylation sites is 1. The number of amides is 1. The van der Waals surface area contributed by atoms with E-state index in [0.717, 1.165) is 18.4 Å². The second-order valence-electron chi connectivity index (χ2n) is 6.11. The zero-order valence-electron chi connectivity index (χ0n) is 14.8.